The van der Waals surface area contributed by atoms with Crippen molar-refractivity contribution in [1.82, 2.24) is 9.97 Å². The molecule has 0 amide bonds. The van der Waals surface area contributed by atoms with Crippen molar-refractivity contribution >= 4 is 24.3 Å². The van der Waals surface area contributed by atoms with Crippen LogP contribution in [0.5, 0.6) is 0 Å². The minimum atomic E-state index is 0.395. The summed E-state index contributed by atoms with van der Waals surface area (Å²) in [4.78, 5) is 8.79. The average molecular weight is 273 g/mol. The van der Waals surface area contributed by atoms with Gasteiger partial charge in [-0.25, -0.2) is 0 Å². The molecule has 16 heavy (non-hydrogen) atoms. The van der Waals surface area contributed by atoms with Gasteiger partial charge in [-0.2, -0.15) is 0 Å². The molecule has 0 saturated heterocycles. The molecule has 2 nitrogen and oxygen atoms in total. The number of pyridine rings is 1. The Balaban J connectivity index is 1.95. The Bertz CT molecular complexity index is 568. The van der Waals surface area contributed by atoms with Crippen molar-refractivity contribution < 1.29 is 0 Å². The van der Waals surface area contributed by atoms with Crippen LogP contribution in [-0.4, -0.2) is 24.5 Å². The third-order valence-electron chi connectivity index (χ3n) is 2.42. The molecule has 0 N–H and O–H groups in total. The van der Waals surface area contributed by atoms with Crippen LogP contribution < -0.4 is 0 Å². The van der Waals surface area contributed by atoms with Gasteiger partial charge in [0.25, 0.3) is 0 Å². The second kappa shape index (κ2) is 4.20. The summed E-state index contributed by atoms with van der Waals surface area (Å²) < 4.78 is 2.69. The zero-order valence-electron chi connectivity index (χ0n) is 8.63. The van der Waals surface area contributed by atoms with E-state index in [4.69, 9.17) is 0 Å². The maximum absolute atomic E-state index is 4.66. The molecule has 3 aromatic rings. The molecule has 0 aliphatic carbocycles. The third kappa shape index (κ3) is 1.92. The summed E-state index contributed by atoms with van der Waals surface area (Å²) in [5.74, 6) is 0. The van der Waals surface area contributed by atoms with Gasteiger partial charge in [-0.3, -0.25) is 0 Å². The molecular formula is C13H10N2Se. The minimum absolute atomic E-state index is 0.395. The molecule has 78 valence electrons. The zero-order chi connectivity index (χ0) is 10.8. The Hall–Kier alpha value is -1.44. The van der Waals surface area contributed by atoms with Gasteiger partial charge in [0.1, 0.15) is 0 Å². The van der Waals surface area contributed by atoms with Crippen LogP contribution in [-0.2, 0) is 6.42 Å². The van der Waals surface area contributed by atoms with Crippen molar-refractivity contribution in [3.63, 3.8) is 0 Å². The van der Waals surface area contributed by atoms with Gasteiger partial charge in [-0.1, -0.05) is 0 Å². The van der Waals surface area contributed by atoms with Gasteiger partial charge in [0.05, 0.1) is 0 Å². The number of benzene rings is 1. The quantitative estimate of drug-likeness (QED) is 0.669. The number of para-hydroxylation sites is 1. The molecule has 0 saturated carbocycles. The van der Waals surface area contributed by atoms with E-state index in [1.807, 2.05) is 18.3 Å². The Kier molecular flexibility index (Phi) is 2.56. The van der Waals surface area contributed by atoms with E-state index in [-0.39, 0.29) is 0 Å². The van der Waals surface area contributed by atoms with E-state index < -0.39 is 0 Å². The third-order valence-corrected chi connectivity index (χ3v) is 4.59. The Morgan fingerprint density at radius 2 is 2.00 bits per heavy atom. The van der Waals surface area contributed by atoms with Crippen LogP contribution >= 0.6 is 0 Å². The molecule has 0 spiro atoms. The van der Waals surface area contributed by atoms with Crippen molar-refractivity contribution in [2.75, 3.05) is 0 Å². The van der Waals surface area contributed by atoms with E-state index in [1.165, 1.54) is 14.4 Å². The summed E-state index contributed by atoms with van der Waals surface area (Å²) in [7, 11) is 0. The van der Waals surface area contributed by atoms with Crippen LogP contribution in [0.3, 0.4) is 0 Å². The molecule has 0 atom stereocenters. The van der Waals surface area contributed by atoms with Gasteiger partial charge < -0.3 is 0 Å². The Labute approximate surface area is 99.7 Å². The first-order valence-electron chi connectivity index (χ1n) is 5.15. The number of hydrogen-bond donors (Lipinski definition) is 0. The summed E-state index contributed by atoms with van der Waals surface area (Å²) >= 11 is 0.395. The van der Waals surface area contributed by atoms with Gasteiger partial charge in [0.2, 0.25) is 0 Å². The van der Waals surface area contributed by atoms with Gasteiger partial charge in [0.15, 0.2) is 0 Å². The number of fused-ring (bicyclic) bond motifs is 1. The van der Waals surface area contributed by atoms with Gasteiger partial charge >= 0.3 is 99.6 Å². The monoisotopic (exact) mass is 274 g/mol. The average Bonchev–Trinajstić information content (AvgIpc) is 2.72. The fraction of sp³-hybridized carbons (Fsp3) is 0.0769. The van der Waals surface area contributed by atoms with E-state index in [2.05, 4.69) is 34.2 Å². The SMILES string of the molecule is c1cncc(Cc2nc3ccccc3[se]2)c1. The Morgan fingerprint density at radius 1 is 1.06 bits per heavy atom. The molecule has 3 rings (SSSR count). The molecule has 0 aliphatic rings. The molecule has 0 bridgehead atoms. The summed E-state index contributed by atoms with van der Waals surface area (Å²) in [6.07, 6.45) is 4.66. The molecule has 0 radical (unpaired) electrons. The van der Waals surface area contributed by atoms with E-state index in [0.717, 1.165) is 11.9 Å². The van der Waals surface area contributed by atoms with Gasteiger partial charge in [0, 0.05) is 0 Å². The summed E-state index contributed by atoms with van der Waals surface area (Å²) in [5.41, 5.74) is 2.40. The van der Waals surface area contributed by atoms with E-state index in [0.29, 0.717) is 14.5 Å². The molecule has 0 aliphatic heterocycles. The standard InChI is InChI=1S/C13H10N2Se/c1-2-6-12-11(5-1)15-13(16-12)8-10-4-3-7-14-9-10/h1-7,9H,8H2. The van der Waals surface area contributed by atoms with E-state index in [1.54, 1.807) is 6.20 Å². The maximum atomic E-state index is 4.66. The first-order chi connectivity index (χ1) is 7.92. The number of nitrogens with zero attached hydrogens (tertiary/aromatic N) is 2. The van der Waals surface area contributed by atoms with Crippen molar-refractivity contribution in [2.45, 2.75) is 6.42 Å². The van der Waals surface area contributed by atoms with Gasteiger partial charge in [-0.05, 0) is 0 Å². The molecule has 3 heteroatoms. The second-order valence-electron chi connectivity index (χ2n) is 3.61. The predicted octanol–water partition coefficient (Wildman–Crippen LogP) is 2.28. The van der Waals surface area contributed by atoms with Crippen LogP contribution in [0.4, 0.5) is 0 Å². The van der Waals surface area contributed by atoms with Crippen molar-refractivity contribution in [2.24, 2.45) is 0 Å². The number of aromatic nitrogens is 2. The molecule has 2 aromatic heterocycles. The van der Waals surface area contributed by atoms with Crippen LogP contribution in [0.1, 0.15) is 10.1 Å². The predicted molar refractivity (Wildman–Crippen MR) is 65.7 cm³/mol. The van der Waals surface area contributed by atoms with Gasteiger partial charge in [-0.15, -0.1) is 0 Å². The zero-order valence-corrected chi connectivity index (χ0v) is 10.3. The molecule has 1 aromatic carbocycles. The first-order valence-corrected chi connectivity index (χ1v) is 6.86. The van der Waals surface area contributed by atoms with Crippen LogP contribution in [0.2, 0.25) is 0 Å². The first kappa shape index (κ1) is 9.76. The van der Waals surface area contributed by atoms with E-state index in [9.17, 15) is 0 Å². The number of rotatable bonds is 2. The normalized spacial score (nSPS) is 10.8. The number of hydrogen-bond acceptors (Lipinski definition) is 2. The Morgan fingerprint density at radius 3 is 2.81 bits per heavy atom. The van der Waals surface area contributed by atoms with E-state index >= 15 is 0 Å². The van der Waals surface area contributed by atoms with Crippen LogP contribution in [0.15, 0.2) is 48.8 Å². The summed E-state index contributed by atoms with van der Waals surface area (Å²) in [5, 5.41) is 0. The fourth-order valence-electron chi connectivity index (χ4n) is 1.67. The van der Waals surface area contributed by atoms with Crippen LogP contribution in [0.25, 0.3) is 9.78 Å². The molecule has 2 heterocycles. The molecule has 0 fully saturated rings. The summed E-state index contributed by atoms with van der Waals surface area (Å²) in [6, 6.07) is 12.5. The second-order valence-corrected chi connectivity index (χ2v) is 5.95. The van der Waals surface area contributed by atoms with Crippen LogP contribution in [0, 0.1) is 0 Å². The fourth-order valence-corrected chi connectivity index (χ4v) is 3.77. The van der Waals surface area contributed by atoms with Crippen molar-refractivity contribution in [3.8, 4) is 0 Å². The topological polar surface area (TPSA) is 25.8 Å². The van der Waals surface area contributed by atoms with Crippen molar-refractivity contribution in [3.05, 3.63) is 58.9 Å². The molecule has 0 unspecified atom stereocenters. The van der Waals surface area contributed by atoms with Crippen molar-refractivity contribution in [1.29, 1.82) is 0 Å². The molecular weight excluding hydrogens is 263 g/mol. The summed E-state index contributed by atoms with van der Waals surface area (Å²) in [6.45, 7) is 0.